The smallest absolute Gasteiger partial charge is 0.165 e. The molecular weight excluding hydrogens is 522 g/mol. The number of piperidine rings is 1. The van der Waals surface area contributed by atoms with Gasteiger partial charge in [0.2, 0.25) is 0 Å². The molecule has 0 aromatic heterocycles. The Kier molecular flexibility index (Phi) is 7.88. The zero-order valence-electron chi connectivity index (χ0n) is 23.9. The summed E-state index contributed by atoms with van der Waals surface area (Å²) in [4.78, 5) is 2.79. The number of nitrogens with zero attached hydrogens (tertiary/aromatic N) is 1. The highest BCUT2D eigenvalue weighted by Gasteiger charge is 2.70. The quantitative estimate of drug-likeness (QED) is 0.360. The summed E-state index contributed by atoms with van der Waals surface area (Å²) in [5.41, 5.74) is 3.40. The van der Waals surface area contributed by atoms with Crippen molar-refractivity contribution in [3.8, 4) is 11.5 Å². The van der Waals surface area contributed by atoms with Gasteiger partial charge < -0.3 is 19.7 Å². The number of aryl methyl sites for hydroxylation is 1. The molecule has 2 aromatic carbocycles. The van der Waals surface area contributed by atoms with Crippen LogP contribution in [0.5, 0.6) is 11.5 Å². The first-order chi connectivity index (χ1) is 19.1. The van der Waals surface area contributed by atoms with Crippen LogP contribution in [0.25, 0.3) is 0 Å². The molecule has 5 nitrogen and oxygen atoms in total. The van der Waals surface area contributed by atoms with Crippen molar-refractivity contribution in [2.24, 2.45) is 17.3 Å². The van der Waals surface area contributed by atoms with E-state index < -0.39 is 11.5 Å². The third-order valence-corrected chi connectivity index (χ3v) is 11.5. The maximum Gasteiger partial charge on any atom is 0.165 e. The molecule has 1 saturated heterocycles. The highest BCUT2D eigenvalue weighted by atomic mass is 35.5. The maximum atomic E-state index is 12.1. The number of halogens is 1. The van der Waals surface area contributed by atoms with Crippen molar-refractivity contribution in [3.63, 3.8) is 0 Å². The molecule has 4 unspecified atom stereocenters. The predicted molar refractivity (Wildman–Crippen MR) is 160 cm³/mol. The third-order valence-electron chi connectivity index (χ3n) is 11.5. The lowest BCUT2D eigenvalue weighted by Crippen LogP contribution is -2.71. The van der Waals surface area contributed by atoms with Crippen LogP contribution >= 0.6 is 12.4 Å². The van der Waals surface area contributed by atoms with Crippen LogP contribution in [0, 0.1) is 17.3 Å². The molecule has 2 saturated carbocycles. The lowest BCUT2D eigenvalue weighted by Gasteiger charge is -2.63. The minimum absolute atomic E-state index is 0. The zero-order valence-corrected chi connectivity index (χ0v) is 24.7. The van der Waals surface area contributed by atoms with Gasteiger partial charge in [-0.25, -0.2) is 0 Å². The molecule has 6 atom stereocenters. The second kappa shape index (κ2) is 11.1. The standard InChI is InChI=1S/C34H45NO4.ClH/c1-38-28-15-14-25-19-27-26-20-33(22-36,16-7-3-6-11-23-9-4-2-5-10-23)31(37)32-34(26,29(25)30(28)39-32)17-18-35(27)21-24-12-8-13-24;/h2,4-5,9-10,14-15,24,26-27,31-32,36-37H,3,6-8,11-13,16-22H2,1H3;1H/t26?,27?,31-,32?,33+,34?;/m0./s1. The number of ether oxygens (including phenoxy) is 2. The van der Waals surface area contributed by atoms with Crippen LogP contribution in [-0.2, 0) is 18.3 Å². The molecule has 2 bridgehead atoms. The molecule has 6 heteroatoms. The van der Waals surface area contributed by atoms with Crippen LogP contribution in [0.15, 0.2) is 42.5 Å². The molecular formula is C34H46ClNO4. The van der Waals surface area contributed by atoms with E-state index in [1.54, 1.807) is 7.11 Å². The number of unbranched alkanes of at least 4 members (excludes halogenated alkanes) is 2. The summed E-state index contributed by atoms with van der Waals surface area (Å²) in [5.74, 6) is 2.88. The number of aliphatic hydroxyl groups excluding tert-OH is 2. The van der Waals surface area contributed by atoms with Crippen LogP contribution in [0.3, 0.4) is 0 Å². The van der Waals surface area contributed by atoms with Gasteiger partial charge in [-0.05, 0) is 86.9 Å². The van der Waals surface area contributed by atoms with E-state index in [0.717, 1.165) is 75.3 Å². The molecule has 0 radical (unpaired) electrons. The van der Waals surface area contributed by atoms with E-state index in [9.17, 15) is 10.2 Å². The number of hydrogen-bond acceptors (Lipinski definition) is 5. The average Bonchev–Trinajstić information content (AvgIpc) is 3.28. The molecule has 218 valence electrons. The van der Waals surface area contributed by atoms with Gasteiger partial charge in [0, 0.05) is 29.0 Å². The number of rotatable bonds is 10. The summed E-state index contributed by atoms with van der Waals surface area (Å²) < 4.78 is 12.6. The van der Waals surface area contributed by atoms with E-state index in [4.69, 9.17) is 9.47 Å². The average molecular weight is 568 g/mol. The van der Waals surface area contributed by atoms with Crippen molar-refractivity contribution in [2.45, 2.75) is 94.3 Å². The van der Waals surface area contributed by atoms with Crippen LogP contribution in [0.1, 0.15) is 74.5 Å². The Bertz CT molecular complexity index is 1190. The van der Waals surface area contributed by atoms with Gasteiger partial charge in [-0.15, -0.1) is 12.4 Å². The van der Waals surface area contributed by atoms with E-state index in [0.29, 0.717) is 12.0 Å². The number of benzene rings is 2. The largest absolute Gasteiger partial charge is 0.493 e. The first kappa shape index (κ1) is 28.3. The second-order valence-corrected chi connectivity index (χ2v) is 13.3. The third kappa shape index (κ3) is 4.30. The van der Waals surface area contributed by atoms with Gasteiger partial charge in [0.25, 0.3) is 0 Å². The topological polar surface area (TPSA) is 62.2 Å². The fourth-order valence-corrected chi connectivity index (χ4v) is 9.27. The molecule has 7 rings (SSSR count). The van der Waals surface area contributed by atoms with Gasteiger partial charge in [-0.2, -0.15) is 0 Å². The molecule has 2 aromatic rings. The number of aliphatic hydroxyl groups is 2. The molecule has 3 aliphatic carbocycles. The van der Waals surface area contributed by atoms with Crippen LogP contribution < -0.4 is 9.47 Å². The lowest BCUT2D eigenvalue weighted by molar-refractivity contribution is -0.182. The van der Waals surface area contributed by atoms with E-state index in [2.05, 4.69) is 47.4 Å². The molecule has 0 amide bonds. The Labute approximate surface area is 245 Å². The predicted octanol–water partition coefficient (Wildman–Crippen LogP) is 5.71. The second-order valence-electron chi connectivity index (χ2n) is 13.3. The molecule has 3 fully saturated rings. The number of likely N-dealkylation sites (tertiary alicyclic amines) is 1. The Balaban J connectivity index is 0.00000289. The van der Waals surface area contributed by atoms with Gasteiger partial charge in [-0.3, -0.25) is 4.90 Å². The summed E-state index contributed by atoms with van der Waals surface area (Å²) in [5, 5.41) is 23.1. The van der Waals surface area contributed by atoms with Gasteiger partial charge >= 0.3 is 0 Å². The molecule has 5 aliphatic rings. The monoisotopic (exact) mass is 567 g/mol. The van der Waals surface area contributed by atoms with Crippen molar-refractivity contribution in [1.29, 1.82) is 0 Å². The Morgan fingerprint density at radius 2 is 1.90 bits per heavy atom. The van der Waals surface area contributed by atoms with Gasteiger partial charge in [0.15, 0.2) is 11.5 Å². The first-order valence-corrected chi connectivity index (χ1v) is 15.5. The molecule has 2 heterocycles. The summed E-state index contributed by atoms with van der Waals surface area (Å²) in [6, 6.07) is 15.5. The SMILES string of the molecule is COc1ccc2c3c1OC1[C@H](O)[C@](CO)(CCCCCc4ccccc4)CC4C(C2)N(CC2CCC2)CCC341.Cl. The van der Waals surface area contributed by atoms with Crippen LogP contribution in [-0.4, -0.2) is 60.2 Å². The Hall–Kier alpha value is -1.79. The molecule has 1 spiro atoms. The highest BCUT2D eigenvalue weighted by molar-refractivity contribution is 5.85. The summed E-state index contributed by atoms with van der Waals surface area (Å²) in [6.45, 7) is 2.30. The van der Waals surface area contributed by atoms with Crippen LogP contribution in [0.2, 0.25) is 0 Å². The molecule has 40 heavy (non-hydrogen) atoms. The van der Waals surface area contributed by atoms with E-state index >= 15 is 0 Å². The van der Waals surface area contributed by atoms with Crippen molar-refractivity contribution in [3.05, 3.63) is 59.2 Å². The minimum Gasteiger partial charge on any atom is -0.493 e. The molecule has 2 N–H and O–H groups in total. The van der Waals surface area contributed by atoms with Crippen molar-refractivity contribution >= 4 is 12.4 Å². The lowest BCUT2D eigenvalue weighted by atomic mass is 9.46. The van der Waals surface area contributed by atoms with Gasteiger partial charge in [0.1, 0.15) is 6.10 Å². The summed E-state index contributed by atoms with van der Waals surface area (Å²) in [7, 11) is 1.72. The first-order valence-electron chi connectivity index (χ1n) is 15.5. The van der Waals surface area contributed by atoms with Crippen LogP contribution in [0.4, 0.5) is 0 Å². The Morgan fingerprint density at radius 3 is 2.62 bits per heavy atom. The van der Waals surface area contributed by atoms with Crippen molar-refractivity contribution in [1.82, 2.24) is 4.90 Å². The number of hydrogen-bond donors (Lipinski definition) is 2. The zero-order chi connectivity index (χ0) is 26.6. The summed E-state index contributed by atoms with van der Waals surface area (Å²) >= 11 is 0. The minimum atomic E-state index is -0.685. The maximum absolute atomic E-state index is 12.1. The van der Waals surface area contributed by atoms with Crippen molar-refractivity contribution < 1.29 is 19.7 Å². The molecule has 2 aliphatic heterocycles. The Morgan fingerprint density at radius 1 is 1.07 bits per heavy atom. The fraction of sp³-hybridized carbons (Fsp3) is 0.647. The summed E-state index contributed by atoms with van der Waals surface area (Å²) in [6.07, 6.45) is 11.3. The van der Waals surface area contributed by atoms with E-state index in [1.165, 1.54) is 42.5 Å². The van der Waals surface area contributed by atoms with Crippen molar-refractivity contribution in [2.75, 3.05) is 26.8 Å². The normalized spacial score (nSPS) is 33.9. The number of methoxy groups -OCH3 is 1. The van der Waals surface area contributed by atoms with E-state index in [-0.39, 0.29) is 30.5 Å². The fourth-order valence-electron chi connectivity index (χ4n) is 9.27. The highest BCUT2D eigenvalue weighted by Crippen LogP contribution is 2.67. The van der Waals surface area contributed by atoms with Gasteiger partial charge in [0.05, 0.1) is 19.8 Å². The van der Waals surface area contributed by atoms with Gasteiger partial charge in [-0.1, -0.05) is 55.7 Å². The van der Waals surface area contributed by atoms with E-state index in [1.807, 2.05) is 0 Å².